The number of nitrogens with zero attached hydrogens (tertiary/aromatic N) is 1. The summed E-state index contributed by atoms with van der Waals surface area (Å²) in [4.78, 5) is 26.7. The van der Waals surface area contributed by atoms with Crippen molar-refractivity contribution < 1.29 is 9.59 Å². The Hall–Kier alpha value is -1.06. The normalized spacial score (nSPS) is 27.9. The molecule has 19 heavy (non-hydrogen) atoms. The van der Waals surface area contributed by atoms with Crippen LogP contribution in [0.3, 0.4) is 0 Å². The predicted molar refractivity (Wildman–Crippen MR) is 76.7 cm³/mol. The molecule has 1 saturated heterocycles. The summed E-state index contributed by atoms with van der Waals surface area (Å²) in [5.41, 5.74) is -0.727. The van der Waals surface area contributed by atoms with Gasteiger partial charge in [-0.1, -0.05) is 40.5 Å². The maximum atomic E-state index is 12.6. The number of piperazine rings is 1. The highest BCUT2D eigenvalue weighted by atomic mass is 16.2. The molecule has 1 aliphatic heterocycles. The molecular formula is C15H28N2O2. The van der Waals surface area contributed by atoms with E-state index in [1.54, 1.807) is 0 Å². The Bertz CT molecular complexity index is 341. The lowest BCUT2D eigenvalue weighted by Crippen LogP contribution is -2.70. The molecule has 4 heteroatoms. The fourth-order valence-corrected chi connectivity index (χ4v) is 2.66. The third-order valence-electron chi connectivity index (χ3n) is 4.08. The van der Waals surface area contributed by atoms with Crippen LogP contribution < -0.4 is 5.32 Å². The van der Waals surface area contributed by atoms with E-state index in [1.165, 1.54) is 0 Å². The van der Waals surface area contributed by atoms with Gasteiger partial charge < -0.3 is 10.2 Å². The van der Waals surface area contributed by atoms with Crippen LogP contribution in [0.1, 0.15) is 60.3 Å². The van der Waals surface area contributed by atoms with Crippen LogP contribution in [-0.2, 0) is 9.59 Å². The van der Waals surface area contributed by atoms with Crippen molar-refractivity contribution in [3.8, 4) is 0 Å². The first-order valence-corrected chi connectivity index (χ1v) is 7.50. The lowest BCUT2D eigenvalue weighted by molar-refractivity contribution is -0.156. The van der Waals surface area contributed by atoms with Crippen molar-refractivity contribution in [3.05, 3.63) is 0 Å². The first-order valence-electron chi connectivity index (χ1n) is 7.50. The van der Waals surface area contributed by atoms with Crippen LogP contribution in [-0.4, -0.2) is 34.8 Å². The van der Waals surface area contributed by atoms with Gasteiger partial charge in [-0.2, -0.15) is 0 Å². The molecule has 110 valence electrons. The summed E-state index contributed by atoms with van der Waals surface area (Å²) in [6, 6.07) is -0.316. The number of rotatable bonds is 6. The van der Waals surface area contributed by atoms with Gasteiger partial charge >= 0.3 is 0 Å². The maximum absolute atomic E-state index is 12.6. The fraction of sp³-hybridized carbons (Fsp3) is 0.867. The lowest BCUT2D eigenvalue weighted by Gasteiger charge is -2.45. The molecule has 2 unspecified atom stereocenters. The molecule has 1 rings (SSSR count). The summed E-state index contributed by atoms with van der Waals surface area (Å²) in [6.07, 6.45) is 3.82. The van der Waals surface area contributed by atoms with Gasteiger partial charge in [-0.05, 0) is 25.7 Å². The van der Waals surface area contributed by atoms with Gasteiger partial charge in [-0.25, -0.2) is 0 Å². The monoisotopic (exact) mass is 268 g/mol. The second kappa shape index (κ2) is 6.40. The zero-order valence-electron chi connectivity index (χ0n) is 13.0. The molecule has 0 bridgehead atoms. The Morgan fingerprint density at radius 1 is 1.26 bits per heavy atom. The minimum Gasteiger partial charge on any atom is -0.340 e. The zero-order valence-corrected chi connectivity index (χ0v) is 13.0. The highest BCUT2D eigenvalue weighted by Crippen LogP contribution is 2.25. The molecule has 0 radical (unpaired) electrons. The van der Waals surface area contributed by atoms with Crippen molar-refractivity contribution in [1.29, 1.82) is 0 Å². The zero-order chi connectivity index (χ0) is 14.6. The van der Waals surface area contributed by atoms with Crippen LogP contribution in [0.5, 0.6) is 0 Å². The minimum absolute atomic E-state index is 0.00421. The quantitative estimate of drug-likeness (QED) is 0.752. The van der Waals surface area contributed by atoms with E-state index in [1.807, 2.05) is 32.6 Å². The summed E-state index contributed by atoms with van der Waals surface area (Å²) in [5, 5.41) is 2.91. The van der Waals surface area contributed by atoms with E-state index in [9.17, 15) is 9.59 Å². The first-order chi connectivity index (χ1) is 8.87. The number of unbranched alkanes of at least 4 members (excludes halogenated alkanes) is 2. The Morgan fingerprint density at radius 3 is 2.37 bits per heavy atom. The molecule has 0 saturated carbocycles. The van der Waals surface area contributed by atoms with E-state index in [-0.39, 0.29) is 23.8 Å². The molecule has 1 fully saturated rings. The van der Waals surface area contributed by atoms with Crippen LogP contribution in [0.2, 0.25) is 0 Å². The molecule has 0 aromatic carbocycles. The smallest absolute Gasteiger partial charge is 0.248 e. The second-order valence-corrected chi connectivity index (χ2v) is 6.07. The third kappa shape index (κ3) is 3.28. The summed E-state index contributed by atoms with van der Waals surface area (Å²) < 4.78 is 0. The van der Waals surface area contributed by atoms with E-state index in [2.05, 4.69) is 12.2 Å². The molecule has 2 atom stereocenters. The van der Waals surface area contributed by atoms with E-state index in [0.29, 0.717) is 13.0 Å². The van der Waals surface area contributed by atoms with Crippen LogP contribution in [0.15, 0.2) is 0 Å². The average Bonchev–Trinajstić information content (AvgIpc) is 2.34. The van der Waals surface area contributed by atoms with Gasteiger partial charge in [0, 0.05) is 6.54 Å². The number of amides is 2. The number of hydrogen-bond donors (Lipinski definition) is 1. The summed E-state index contributed by atoms with van der Waals surface area (Å²) in [7, 11) is 0. The van der Waals surface area contributed by atoms with Crippen LogP contribution in [0, 0.1) is 5.92 Å². The van der Waals surface area contributed by atoms with Gasteiger partial charge in [0.2, 0.25) is 11.8 Å². The molecule has 4 nitrogen and oxygen atoms in total. The molecule has 0 aromatic heterocycles. The molecule has 1 heterocycles. The van der Waals surface area contributed by atoms with Crippen LogP contribution in [0.25, 0.3) is 0 Å². The molecule has 1 N–H and O–H groups in total. The maximum Gasteiger partial charge on any atom is 0.248 e. The number of nitrogens with one attached hydrogen (secondary N) is 1. The van der Waals surface area contributed by atoms with Gasteiger partial charge in [0.05, 0.1) is 0 Å². The lowest BCUT2D eigenvalue weighted by atomic mass is 9.88. The van der Waals surface area contributed by atoms with Crippen LogP contribution in [0.4, 0.5) is 0 Å². The Balaban J connectivity index is 2.93. The molecule has 1 aliphatic rings. The van der Waals surface area contributed by atoms with Crippen molar-refractivity contribution in [3.63, 3.8) is 0 Å². The molecule has 0 spiro atoms. The fourth-order valence-electron chi connectivity index (χ4n) is 2.66. The van der Waals surface area contributed by atoms with Crippen molar-refractivity contribution in [2.75, 3.05) is 6.54 Å². The summed E-state index contributed by atoms with van der Waals surface area (Å²) in [6.45, 7) is 10.6. The highest BCUT2D eigenvalue weighted by Gasteiger charge is 2.47. The summed E-state index contributed by atoms with van der Waals surface area (Å²) in [5.74, 6) is 0.215. The largest absolute Gasteiger partial charge is 0.340 e. The molecule has 2 amide bonds. The van der Waals surface area contributed by atoms with E-state index in [0.717, 1.165) is 19.3 Å². The van der Waals surface area contributed by atoms with Crippen molar-refractivity contribution in [2.24, 2.45) is 5.92 Å². The number of carbonyl (C=O) groups is 2. The molecular weight excluding hydrogens is 240 g/mol. The van der Waals surface area contributed by atoms with E-state index >= 15 is 0 Å². The van der Waals surface area contributed by atoms with Gasteiger partial charge in [-0.15, -0.1) is 0 Å². The van der Waals surface area contributed by atoms with Crippen molar-refractivity contribution >= 4 is 11.8 Å². The Labute approximate surface area is 116 Å². The third-order valence-corrected chi connectivity index (χ3v) is 4.08. The first kappa shape index (κ1) is 16.0. The van der Waals surface area contributed by atoms with Gasteiger partial charge in [0.15, 0.2) is 0 Å². The second-order valence-electron chi connectivity index (χ2n) is 6.07. The van der Waals surface area contributed by atoms with Crippen molar-refractivity contribution in [1.82, 2.24) is 10.2 Å². The van der Waals surface area contributed by atoms with E-state index in [4.69, 9.17) is 0 Å². The topological polar surface area (TPSA) is 49.4 Å². The average molecular weight is 268 g/mol. The number of hydrogen-bond acceptors (Lipinski definition) is 2. The standard InChI is InChI=1S/C15H28N2O2/c1-6-8-9-10-17-12(11(3)4)13(18)16-15(5,7-2)14(17)19/h11-12H,6-10H2,1-5H3,(H,16,18). The van der Waals surface area contributed by atoms with Gasteiger partial charge in [-0.3, -0.25) is 9.59 Å². The van der Waals surface area contributed by atoms with Crippen LogP contribution >= 0.6 is 0 Å². The van der Waals surface area contributed by atoms with E-state index < -0.39 is 5.54 Å². The highest BCUT2D eigenvalue weighted by molar-refractivity contribution is 5.99. The Kier molecular flexibility index (Phi) is 5.39. The number of carbonyl (C=O) groups excluding carboxylic acids is 2. The summed E-state index contributed by atoms with van der Waals surface area (Å²) >= 11 is 0. The minimum atomic E-state index is -0.727. The van der Waals surface area contributed by atoms with Crippen molar-refractivity contribution in [2.45, 2.75) is 71.9 Å². The van der Waals surface area contributed by atoms with Gasteiger partial charge in [0.1, 0.15) is 11.6 Å². The molecule has 0 aromatic rings. The predicted octanol–water partition coefficient (Wildman–Crippen LogP) is 2.33. The Morgan fingerprint density at radius 2 is 1.89 bits per heavy atom. The molecule has 0 aliphatic carbocycles. The van der Waals surface area contributed by atoms with Gasteiger partial charge in [0.25, 0.3) is 0 Å². The SMILES string of the molecule is CCCCCN1C(=O)C(C)(CC)NC(=O)C1C(C)C.